The highest BCUT2D eigenvalue weighted by Gasteiger charge is 1.97. The summed E-state index contributed by atoms with van der Waals surface area (Å²) >= 11 is 0. The van der Waals surface area contributed by atoms with E-state index < -0.39 is 0 Å². The molecule has 124 valence electrons. The Balaban J connectivity index is 0.000000230. The molecule has 0 aliphatic heterocycles. The van der Waals surface area contributed by atoms with Crippen LogP contribution in [0.2, 0.25) is 0 Å². The first kappa shape index (κ1) is 19.4. The second kappa shape index (κ2) is 11.9. The molecule has 0 heteroatoms. The van der Waals surface area contributed by atoms with E-state index in [2.05, 4.69) is 73.7 Å². The van der Waals surface area contributed by atoms with Crippen LogP contribution in [0, 0.1) is 6.92 Å². The van der Waals surface area contributed by atoms with Gasteiger partial charge in [0.05, 0.1) is 0 Å². The van der Waals surface area contributed by atoms with Gasteiger partial charge in [0, 0.05) is 0 Å². The minimum atomic E-state index is 1.26. The summed E-state index contributed by atoms with van der Waals surface area (Å²) < 4.78 is 0. The van der Waals surface area contributed by atoms with Crippen molar-refractivity contribution < 1.29 is 0 Å². The standard InChI is InChI=1S/C13H12.C9H10.C2H6/c1-11-7-5-6-10-13(11)12-8-3-2-4-9-12;1-2-6-9-7-4-3-5-8-9;1-2/h2-10H,1H3;2-8H,1H3;1-2H3/b;6-2+;. The Labute approximate surface area is 147 Å². The van der Waals surface area contributed by atoms with Crippen LogP contribution in [-0.2, 0) is 0 Å². The molecule has 0 fully saturated rings. The van der Waals surface area contributed by atoms with Crippen molar-refractivity contribution in [2.24, 2.45) is 0 Å². The van der Waals surface area contributed by atoms with Crippen LogP contribution < -0.4 is 0 Å². The molecule has 0 aliphatic rings. The first-order valence-corrected chi connectivity index (χ1v) is 8.60. The van der Waals surface area contributed by atoms with Gasteiger partial charge >= 0.3 is 0 Å². The van der Waals surface area contributed by atoms with E-state index in [0.29, 0.717) is 0 Å². The van der Waals surface area contributed by atoms with Gasteiger partial charge in [0.15, 0.2) is 0 Å². The van der Waals surface area contributed by atoms with Crippen LogP contribution in [0.25, 0.3) is 17.2 Å². The highest BCUT2D eigenvalue weighted by Crippen LogP contribution is 2.21. The lowest BCUT2D eigenvalue weighted by molar-refractivity contribution is 1.46. The Morgan fingerprint density at radius 1 is 0.625 bits per heavy atom. The molecular formula is C24H28. The molecule has 3 aromatic carbocycles. The van der Waals surface area contributed by atoms with Crippen LogP contribution in [-0.4, -0.2) is 0 Å². The van der Waals surface area contributed by atoms with E-state index in [4.69, 9.17) is 0 Å². The van der Waals surface area contributed by atoms with Gasteiger partial charge in [0.2, 0.25) is 0 Å². The molecule has 3 aromatic rings. The van der Waals surface area contributed by atoms with Crippen molar-refractivity contribution in [3.63, 3.8) is 0 Å². The van der Waals surface area contributed by atoms with Gasteiger partial charge in [-0.3, -0.25) is 0 Å². The van der Waals surface area contributed by atoms with Crippen LogP contribution in [0.4, 0.5) is 0 Å². The van der Waals surface area contributed by atoms with Crippen molar-refractivity contribution >= 4 is 6.08 Å². The van der Waals surface area contributed by atoms with Gasteiger partial charge in [-0.05, 0) is 36.1 Å². The summed E-state index contributed by atoms with van der Waals surface area (Å²) in [4.78, 5) is 0. The Morgan fingerprint density at radius 3 is 1.67 bits per heavy atom. The fourth-order valence-corrected chi connectivity index (χ4v) is 2.27. The quantitative estimate of drug-likeness (QED) is 0.462. The van der Waals surface area contributed by atoms with Crippen molar-refractivity contribution in [3.8, 4) is 11.1 Å². The van der Waals surface area contributed by atoms with Gasteiger partial charge in [-0.2, -0.15) is 0 Å². The van der Waals surface area contributed by atoms with Gasteiger partial charge in [0.25, 0.3) is 0 Å². The highest BCUT2D eigenvalue weighted by molar-refractivity contribution is 5.66. The van der Waals surface area contributed by atoms with Gasteiger partial charge in [0.1, 0.15) is 0 Å². The maximum absolute atomic E-state index is 2.16. The number of hydrogen-bond donors (Lipinski definition) is 0. The summed E-state index contributed by atoms with van der Waals surface area (Å²) in [5.74, 6) is 0. The minimum Gasteiger partial charge on any atom is -0.0871 e. The molecule has 0 saturated carbocycles. The molecule has 0 nitrogen and oxygen atoms in total. The predicted octanol–water partition coefficient (Wildman–Crippen LogP) is 7.41. The van der Waals surface area contributed by atoms with Crippen LogP contribution in [0.15, 0.2) is 91.0 Å². The summed E-state index contributed by atoms with van der Waals surface area (Å²) in [7, 11) is 0. The van der Waals surface area contributed by atoms with E-state index in [-0.39, 0.29) is 0 Å². The summed E-state index contributed by atoms with van der Waals surface area (Å²) in [6.45, 7) is 8.16. The van der Waals surface area contributed by atoms with Crippen LogP contribution in [0.1, 0.15) is 31.9 Å². The Bertz CT molecular complexity index is 694. The molecule has 0 N–H and O–H groups in total. The lowest BCUT2D eigenvalue weighted by atomic mass is 10.0. The maximum Gasteiger partial charge on any atom is -0.0155 e. The molecule has 0 bridgehead atoms. The predicted molar refractivity (Wildman–Crippen MR) is 109 cm³/mol. The Hall–Kier alpha value is -2.60. The van der Waals surface area contributed by atoms with Gasteiger partial charge < -0.3 is 0 Å². The third kappa shape index (κ3) is 6.66. The van der Waals surface area contributed by atoms with E-state index >= 15 is 0 Å². The molecule has 0 heterocycles. The second-order valence-electron chi connectivity index (χ2n) is 5.09. The average molecular weight is 316 g/mol. The molecule has 3 rings (SSSR count). The zero-order valence-corrected chi connectivity index (χ0v) is 15.2. The fraction of sp³-hybridized carbons (Fsp3) is 0.167. The van der Waals surface area contributed by atoms with Crippen molar-refractivity contribution in [1.29, 1.82) is 0 Å². The molecule has 0 aliphatic carbocycles. The normalized spacial score (nSPS) is 9.50. The van der Waals surface area contributed by atoms with Gasteiger partial charge in [-0.15, -0.1) is 0 Å². The maximum atomic E-state index is 2.16. The molecule has 0 amide bonds. The topological polar surface area (TPSA) is 0 Å². The molecule has 0 radical (unpaired) electrons. The monoisotopic (exact) mass is 316 g/mol. The van der Waals surface area contributed by atoms with Crippen molar-refractivity contribution in [2.75, 3.05) is 0 Å². The summed E-state index contributed by atoms with van der Waals surface area (Å²) in [5, 5.41) is 0. The highest BCUT2D eigenvalue weighted by atomic mass is 14.0. The number of hydrogen-bond acceptors (Lipinski definition) is 0. The third-order valence-corrected chi connectivity index (χ3v) is 3.39. The number of allylic oxidation sites excluding steroid dienone is 1. The van der Waals surface area contributed by atoms with Crippen molar-refractivity contribution in [3.05, 3.63) is 102 Å². The Morgan fingerprint density at radius 2 is 1.12 bits per heavy atom. The largest absolute Gasteiger partial charge is 0.0871 e. The van der Waals surface area contributed by atoms with Crippen molar-refractivity contribution in [1.82, 2.24) is 0 Å². The molecule has 24 heavy (non-hydrogen) atoms. The lowest BCUT2D eigenvalue weighted by Crippen LogP contribution is -1.80. The molecule has 0 unspecified atom stereocenters. The van der Waals surface area contributed by atoms with Crippen LogP contribution in [0.5, 0.6) is 0 Å². The third-order valence-electron chi connectivity index (χ3n) is 3.39. The summed E-state index contributed by atoms with van der Waals surface area (Å²) in [6.07, 6.45) is 4.12. The van der Waals surface area contributed by atoms with E-state index in [0.717, 1.165) is 0 Å². The summed E-state index contributed by atoms with van der Waals surface area (Å²) in [5.41, 5.74) is 5.21. The van der Waals surface area contributed by atoms with Gasteiger partial charge in [-0.1, -0.05) is 111 Å². The van der Waals surface area contributed by atoms with Gasteiger partial charge in [-0.25, -0.2) is 0 Å². The van der Waals surface area contributed by atoms with E-state index in [1.807, 2.05) is 51.1 Å². The SMILES string of the molecule is C/C=C/c1ccccc1.CC.Cc1ccccc1-c1ccccc1. The van der Waals surface area contributed by atoms with Crippen LogP contribution >= 0.6 is 0 Å². The first-order valence-electron chi connectivity index (χ1n) is 8.60. The van der Waals surface area contributed by atoms with Crippen molar-refractivity contribution in [2.45, 2.75) is 27.7 Å². The van der Waals surface area contributed by atoms with E-state index in [1.165, 1.54) is 22.3 Å². The summed E-state index contributed by atoms with van der Waals surface area (Å²) in [6, 6.07) is 29.2. The van der Waals surface area contributed by atoms with E-state index in [1.54, 1.807) is 0 Å². The number of aryl methyl sites for hydroxylation is 1. The molecule has 0 aromatic heterocycles. The zero-order valence-electron chi connectivity index (χ0n) is 15.2. The number of benzene rings is 3. The number of rotatable bonds is 2. The molecule has 0 saturated heterocycles. The van der Waals surface area contributed by atoms with E-state index in [9.17, 15) is 0 Å². The fourth-order valence-electron chi connectivity index (χ4n) is 2.27. The lowest BCUT2D eigenvalue weighted by Gasteiger charge is -2.04. The second-order valence-corrected chi connectivity index (χ2v) is 5.09. The molecule has 0 spiro atoms. The molecular weight excluding hydrogens is 288 g/mol. The average Bonchev–Trinajstić information content (AvgIpc) is 2.66. The van der Waals surface area contributed by atoms with Crippen LogP contribution in [0.3, 0.4) is 0 Å². The first-order chi connectivity index (χ1) is 11.8. The molecule has 0 atom stereocenters. The Kier molecular flexibility index (Phi) is 9.64. The zero-order chi connectivity index (χ0) is 17.6. The minimum absolute atomic E-state index is 1.26. The smallest absolute Gasteiger partial charge is 0.0155 e.